The van der Waals surface area contributed by atoms with Crippen molar-refractivity contribution in [2.45, 2.75) is 31.9 Å². The lowest BCUT2D eigenvalue weighted by molar-refractivity contribution is -0.137. The second-order valence-corrected chi connectivity index (χ2v) is 6.46. The number of aryl methyl sites for hydroxylation is 1. The zero-order chi connectivity index (χ0) is 15.1. The Hall–Kier alpha value is -1.69. The molecule has 0 radical (unpaired) electrons. The van der Waals surface area contributed by atoms with E-state index in [1.807, 2.05) is 19.1 Å². The van der Waals surface area contributed by atoms with Crippen LogP contribution in [0.4, 0.5) is 5.69 Å². The van der Waals surface area contributed by atoms with Gasteiger partial charge in [0.1, 0.15) is 5.25 Å². The fraction of sp³-hybridized carbons (Fsp3) is 0.429. The molecule has 20 heavy (non-hydrogen) atoms. The number of rotatable bonds is 7. The van der Waals surface area contributed by atoms with Gasteiger partial charge in [-0.1, -0.05) is 17.7 Å². The number of nitrogens with one attached hydrogen (secondary N) is 1. The lowest BCUT2D eigenvalue weighted by Crippen LogP contribution is -2.30. The standard InChI is InChI=1S/C14H19NO4S/c1-10-5-7-12(8-6-10)15-14(18)11(2)20(19)9-3-4-13(16)17/h5-8,11H,3-4,9H2,1-2H3,(H,15,18)(H,16,17). The number of anilines is 1. The summed E-state index contributed by atoms with van der Waals surface area (Å²) in [5.41, 5.74) is 1.75. The zero-order valence-corrected chi connectivity index (χ0v) is 12.4. The van der Waals surface area contributed by atoms with Crippen LogP contribution in [0.5, 0.6) is 0 Å². The Morgan fingerprint density at radius 2 is 1.90 bits per heavy atom. The van der Waals surface area contributed by atoms with Crippen LogP contribution in [0.3, 0.4) is 0 Å². The van der Waals surface area contributed by atoms with E-state index in [0.717, 1.165) is 5.56 Å². The molecule has 0 spiro atoms. The second kappa shape index (κ2) is 7.79. The maximum absolute atomic E-state index is 11.9. The van der Waals surface area contributed by atoms with E-state index in [-0.39, 0.29) is 18.1 Å². The van der Waals surface area contributed by atoms with Crippen molar-refractivity contribution in [3.63, 3.8) is 0 Å². The van der Waals surface area contributed by atoms with Gasteiger partial charge in [-0.25, -0.2) is 0 Å². The van der Waals surface area contributed by atoms with Gasteiger partial charge >= 0.3 is 5.97 Å². The maximum Gasteiger partial charge on any atom is 0.303 e. The molecule has 2 unspecified atom stereocenters. The van der Waals surface area contributed by atoms with Crippen LogP contribution in [-0.2, 0) is 20.4 Å². The maximum atomic E-state index is 11.9. The molecule has 2 N–H and O–H groups in total. The minimum absolute atomic E-state index is 0.0297. The van der Waals surface area contributed by atoms with E-state index in [4.69, 9.17) is 5.11 Å². The van der Waals surface area contributed by atoms with Crippen molar-refractivity contribution in [1.82, 2.24) is 0 Å². The molecule has 2 atom stereocenters. The SMILES string of the molecule is Cc1ccc(NC(=O)C(C)S(=O)CCCC(=O)O)cc1. The van der Waals surface area contributed by atoms with Crippen LogP contribution in [0.2, 0.25) is 0 Å². The highest BCUT2D eigenvalue weighted by atomic mass is 32.2. The van der Waals surface area contributed by atoms with E-state index >= 15 is 0 Å². The Morgan fingerprint density at radius 3 is 2.45 bits per heavy atom. The quantitative estimate of drug-likeness (QED) is 0.805. The molecular formula is C14H19NO4S. The molecule has 0 saturated heterocycles. The molecule has 6 heteroatoms. The number of carbonyl (C=O) groups excluding carboxylic acids is 1. The highest BCUT2D eigenvalue weighted by molar-refractivity contribution is 7.86. The molecule has 0 saturated carbocycles. The number of aliphatic carboxylic acids is 1. The third-order valence-corrected chi connectivity index (χ3v) is 4.51. The van der Waals surface area contributed by atoms with Gasteiger partial charge in [-0.3, -0.25) is 13.8 Å². The Morgan fingerprint density at radius 1 is 1.30 bits per heavy atom. The number of hydrogen-bond acceptors (Lipinski definition) is 3. The number of carboxylic acid groups (broad SMARTS) is 1. The van der Waals surface area contributed by atoms with Gasteiger partial charge in [-0.2, -0.15) is 0 Å². The highest BCUT2D eigenvalue weighted by Gasteiger charge is 2.19. The minimum Gasteiger partial charge on any atom is -0.481 e. The summed E-state index contributed by atoms with van der Waals surface area (Å²) < 4.78 is 11.9. The van der Waals surface area contributed by atoms with Crippen LogP contribution in [-0.4, -0.2) is 32.2 Å². The Labute approximate surface area is 120 Å². The smallest absolute Gasteiger partial charge is 0.303 e. The van der Waals surface area contributed by atoms with Gasteiger partial charge in [-0.15, -0.1) is 0 Å². The van der Waals surface area contributed by atoms with Crippen LogP contribution < -0.4 is 5.32 Å². The molecule has 5 nitrogen and oxygen atoms in total. The van der Waals surface area contributed by atoms with Crippen molar-refractivity contribution >= 4 is 28.4 Å². The molecule has 1 amide bonds. The molecule has 0 fully saturated rings. The van der Waals surface area contributed by atoms with E-state index in [0.29, 0.717) is 12.1 Å². The average Bonchev–Trinajstić information content (AvgIpc) is 2.39. The summed E-state index contributed by atoms with van der Waals surface area (Å²) in [6.45, 7) is 3.53. The van der Waals surface area contributed by atoms with Gasteiger partial charge < -0.3 is 10.4 Å². The van der Waals surface area contributed by atoms with Crippen LogP contribution in [0.1, 0.15) is 25.3 Å². The van der Waals surface area contributed by atoms with E-state index in [1.54, 1.807) is 19.1 Å². The number of amides is 1. The van der Waals surface area contributed by atoms with Crippen LogP contribution in [0, 0.1) is 6.92 Å². The first-order chi connectivity index (χ1) is 9.40. The Kier molecular flexibility index (Phi) is 6.38. The number of hydrogen-bond donors (Lipinski definition) is 2. The van der Waals surface area contributed by atoms with E-state index in [1.165, 1.54) is 0 Å². The molecule has 1 aromatic carbocycles. The van der Waals surface area contributed by atoms with Gasteiger partial charge in [-0.05, 0) is 32.4 Å². The molecular weight excluding hydrogens is 278 g/mol. The van der Waals surface area contributed by atoms with Gasteiger partial charge in [0.05, 0.1) is 0 Å². The van der Waals surface area contributed by atoms with E-state index in [2.05, 4.69) is 5.32 Å². The Bertz CT molecular complexity index is 498. The highest BCUT2D eigenvalue weighted by Crippen LogP contribution is 2.10. The summed E-state index contributed by atoms with van der Waals surface area (Å²) in [4.78, 5) is 22.3. The van der Waals surface area contributed by atoms with Crippen LogP contribution in [0.15, 0.2) is 24.3 Å². The minimum atomic E-state index is -1.36. The van der Waals surface area contributed by atoms with Crippen molar-refractivity contribution in [3.05, 3.63) is 29.8 Å². The van der Waals surface area contributed by atoms with E-state index in [9.17, 15) is 13.8 Å². The van der Waals surface area contributed by atoms with Crippen LogP contribution >= 0.6 is 0 Å². The zero-order valence-electron chi connectivity index (χ0n) is 11.6. The summed E-state index contributed by atoms with van der Waals surface area (Å²) in [5.74, 6) is -1.02. The van der Waals surface area contributed by atoms with Gasteiger partial charge in [0.15, 0.2) is 0 Å². The third-order valence-electron chi connectivity index (χ3n) is 2.82. The summed E-state index contributed by atoms with van der Waals surface area (Å²) in [5, 5.41) is 10.6. The van der Waals surface area contributed by atoms with Gasteiger partial charge in [0.2, 0.25) is 5.91 Å². The predicted molar refractivity (Wildman–Crippen MR) is 79.1 cm³/mol. The summed E-state index contributed by atoms with van der Waals surface area (Å²) in [7, 11) is -1.36. The molecule has 110 valence electrons. The topological polar surface area (TPSA) is 83.5 Å². The lowest BCUT2D eigenvalue weighted by Gasteiger charge is -2.12. The summed E-state index contributed by atoms with van der Waals surface area (Å²) >= 11 is 0. The number of carbonyl (C=O) groups is 2. The van der Waals surface area contributed by atoms with Crippen molar-refractivity contribution in [1.29, 1.82) is 0 Å². The van der Waals surface area contributed by atoms with Crippen LogP contribution in [0.25, 0.3) is 0 Å². The van der Waals surface area contributed by atoms with Crippen molar-refractivity contribution in [2.75, 3.05) is 11.1 Å². The van der Waals surface area contributed by atoms with Crippen molar-refractivity contribution < 1.29 is 18.9 Å². The molecule has 1 rings (SSSR count). The molecule has 0 aliphatic rings. The molecule has 0 heterocycles. The fourth-order valence-corrected chi connectivity index (χ4v) is 2.62. The van der Waals surface area contributed by atoms with Gasteiger partial charge in [0.25, 0.3) is 0 Å². The second-order valence-electron chi connectivity index (χ2n) is 4.58. The predicted octanol–water partition coefficient (Wildman–Crippen LogP) is 1.94. The summed E-state index contributed by atoms with van der Waals surface area (Å²) in [6, 6.07) is 7.33. The molecule has 0 aliphatic heterocycles. The fourth-order valence-electron chi connectivity index (χ4n) is 1.54. The normalized spacial score (nSPS) is 13.5. The molecule has 0 aromatic heterocycles. The monoisotopic (exact) mass is 297 g/mol. The average molecular weight is 297 g/mol. The summed E-state index contributed by atoms with van der Waals surface area (Å²) in [6.07, 6.45) is 0.280. The lowest BCUT2D eigenvalue weighted by atomic mass is 10.2. The molecule has 1 aromatic rings. The number of benzene rings is 1. The van der Waals surface area contributed by atoms with Crippen molar-refractivity contribution in [2.24, 2.45) is 0 Å². The molecule has 0 bridgehead atoms. The number of carboxylic acids is 1. The van der Waals surface area contributed by atoms with Gasteiger partial charge in [0, 0.05) is 28.7 Å². The molecule has 0 aliphatic carbocycles. The van der Waals surface area contributed by atoms with Crippen molar-refractivity contribution in [3.8, 4) is 0 Å². The first-order valence-electron chi connectivity index (χ1n) is 6.36. The third kappa shape index (κ3) is 5.52. The Balaban J connectivity index is 2.47. The largest absolute Gasteiger partial charge is 0.481 e. The first kappa shape index (κ1) is 16.4. The first-order valence-corrected chi connectivity index (χ1v) is 7.75. The van der Waals surface area contributed by atoms with E-state index < -0.39 is 22.0 Å².